The van der Waals surface area contributed by atoms with Crippen molar-refractivity contribution in [1.29, 1.82) is 0 Å². The van der Waals surface area contributed by atoms with Gasteiger partial charge in [-0.15, -0.1) is 11.3 Å². The zero-order valence-corrected chi connectivity index (χ0v) is 19.6. The quantitative estimate of drug-likeness (QED) is 0.690. The number of Topliss-reactive ketones (excluding diaryl/α,β-unsaturated/α-hetero) is 1. The van der Waals surface area contributed by atoms with Crippen LogP contribution in [-0.2, 0) is 16.1 Å². The van der Waals surface area contributed by atoms with E-state index in [4.69, 9.17) is 0 Å². The first-order valence-corrected chi connectivity index (χ1v) is 11.2. The van der Waals surface area contributed by atoms with Crippen LogP contribution in [0.3, 0.4) is 0 Å². The molecule has 1 N–H and O–H groups in total. The first-order valence-electron chi connectivity index (χ1n) is 10.3. The van der Waals surface area contributed by atoms with E-state index in [1.165, 1.54) is 22.0 Å². The number of aryl methyl sites for hydroxylation is 2. The molecule has 6 heteroatoms. The van der Waals surface area contributed by atoms with Crippen molar-refractivity contribution >= 4 is 35.2 Å². The van der Waals surface area contributed by atoms with Crippen LogP contribution in [0, 0.1) is 19.3 Å². The van der Waals surface area contributed by atoms with Crippen molar-refractivity contribution in [2.75, 3.05) is 6.54 Å². The largest absolute Gasteiger partial charge is 0.355 e. The van der Waals surface area contributed by atoms with Crippen LogP contribution in [0.1, 0.15) is 57.2 Å². The molecular weight excluding hydrogens is 396 g/mol. The van der Waals surface area contributed by atoms with Gasteiger partial charge in [-0.2, -0.15) is 0 Å². The number of nitrogens with one attached hydrogen (secondary N) is 1. The predicted molar refractivity (Wildman–Crippen MR) is 124 cm³/mol. The molecule has 30 heavy (non-hydrogen) atoms. The molecule has 0 atom stereocenters. The second-order valence-corrected chi connectivity index (χ2v) is 9.72. The summed E-state index contributed by atoms with van der Waals surface area (Å²) in [6.45, 7) is 12.0. The van der Waals surface area contributed by atoms with Gasteiger partial charge >= 0.3 is 0 Å². The molecule has 1 amide bonds. The van der Waals surface area contributed by atoms with Gasteiger partial charge in [0.1, 0.15) is 11.2 Å². The zero-order chi connectivity index (χ0) is 22.5. The number of benzene rings is 1. The molecule has 0 aliphatic heterocycles. The standard InChI is InChI=1S/C24H32N2O3S/c1-7-8-11-25-21(28)15-26-22(14-20(27)24(4,5)6)30-19(23(26)29)13-18-12-16(2)9-10-17(18)3/h9-10,12-14H,7-8,11,15H2,1-6H3,(H,25,28)/b19-13+,22-14-. The number of rotatable bonds is 7. The van der Waals surface area contributed by atoms with Gasteiger partial charge in [0.05, 0.1) is 4.53 Å². The number of carbonyl (C=O) groups is 2. The Morgan fingerprint density at radius 1 is 1.20 bits per heavy atom. The molecule has 2 rings (SSSR count). The number of hydrogen-bond donors (Lipinski definition) is 1. The maximum Gasteiger partial charge on any atom is 0.269 e. The van der Waals surface area contributed by atoms with Gasteiger partial charge < -0.3 is 5.32 Å². The highest BCUT2D eigenvalue weighted by Gasteiger charge is 2.20. The Hall–Kier alpha value is -2.47. The molecule has 0 unspecified atom stereocenters. The van der Waals surface area contributed by atoms with Crippen molar-refractivity contribution < 1.29 is 9.59 Å². The van der Waals surface area contributed by atoms with Crippen LogP contribution in [-0.4, -0.2) is 22.8 Å². The fourth-order valence-corrected chi connectivity index (χ4v) is 3.81. The molecule has 0 aliphatic carbocycles. The van der Waals surface area contributed by atoms with Crippen molar-refractivity contribution in [1.82, 2.24) is 9.88 Å². The maximum absolute atomic E-state index is 13.1. The lowest BCUT2D eigenvalue weighted by molar-refractivity contribution is -0.122. The Balaban J connectivity index is 2.58. The summed E-state index contributed by atoms with van der Waals surface area (Å²) in [5.41, 5.74) is 2.31. The summed E-state index contributed by atoms with van der Waals surface area (Å²) in [5.74, 6) is -0.304. The first kappa shape index (κ1) is 23.8. The lowest BCUT2D eigenvalue weighted by atomic mass is 9.91. The van der Waals surface area contributed by atoms with Gasteiger partial charge in [0.15, 0.2) is 5.78 Å². The summed E-state index contributed by atoms with van der Waals surface area (Å²) in [7, 11) is 0. The molecule has 0 fully saturated rings. The molecule has 1 heterocycles. The third kappa shape index (κ3) is 6.26. The minimum Gasteiger partial charge on any atom is -0.355 e. The monoisotopic (exact) mass is 428 g/mol. The van der Waals surface area contributed by atoms with Gasteiger partial charge in [0.2, 0.25) is 5.91 Å². The van der Waals surface area contributed by atoms with Crippen LogP contribution in [0.25, 0.3) is 12.2 Å². The van der Waals surface area contributed by atoms with Crippen molar-refractivity contribution in [3.8, 4) is 0 Å². The predicted octanol–water partition coefficient (Wildman–Crippen LogP) is 2.67. The molecule has 1 aromatic carbocycles. The average molecular weight is 429 g/mol. The summed E-state index contributed by atoms with van der Waals surface area (Å²) >= 11 is 1.25. The third-order valence-corrected chi connectivity index (χ3v) is 5.87. The third-order valence-electron chi connectivity index (χ3n) is 4.81. The van der Waals surface area contributed by atoms with Crippen LogP contribution in [0.4, 0.5) is 0 Å². The SMILES string of the molecule is CCCCNC(=O)Cn1c(=O)/c(=C\c2cc(C)ccc2C)s/c1=C\C(=O)C(C)(C)C. The van der Waals surface area contributed by atoms with Crippen LogP contribution in [0.5, 0.6) is 0 Å². The lowest BCUT2D eigenvalue weighted by Crippen LogP contribution is -2.38. The molecule has 0 bridgehead atoms. The van der Waals surface area contributed by atoms with Gasteiger partial charge in [0.25, 0.3) is 5.56 Å². The number of nitrogens with zero attached hydrogens (tertiary/aromatic N) is 1. The van der Waals surface area contributed by atoms with Crippen LogP contribution < -0.4 is 20.1 Å². The van der Waals surface area contributed by atoms with Crippen LogP contribution in [0.2, 0.25) is 0 Å². The van der Waals surface area contributed by atoms with E-state index in [2.05, 4.69) is 12.2 Å². The highest BCUT2D eigenvalue weighted by Crippen LogP contribution is 2.15. The Morgan fingerprint density at radius 2 is 1.90 bits per heavy atom. The zero-order valence-electron chi connectivity index (χ0n) is 18.8. The number of amides is 1. The van der Waals surface area contributed by atoms with Gasteiger partial charge in [-0.3, -0.25) is 19.0 Å². The minimum absolute atomic E-state index is 0.0813. The van der Waals surface area contributed by atoms with E-state index in [9.17, 15) is 14.4 Å². The molecule has 5 nitrogen and oxygen atoms in total. The molecule has 0 aliphatic rings. The highest BCUT2D eigenvalue weighted by atomic mass is 32.1. The van der Waals surface area contributed by atoms with E-state index in [1.54, 1.807) is 0 Å². The maximum atomic E-state index is 13.1. The Morgan fingerprint density at radius 3 is 2.53 bits per heavy atom. The fourth-order valence-electron chi connectivity index (χ4n) is 2.78. The molecule has 2 aromatic rings. The Bertz CT molecular complexity index is 1100. The summed E-state index contributed by atoms with van der Waals surface area (Å²) < 4.78 is 2.42. The van der Waals surface area contributed by atoms with Crippen molar-refractivity contribution in [2.24, 2.45) is 5.41 Å². The highest BCUT2D eigenvalue weighted by molar-refractivity contribution is 7.07. The van der Waals surface area contributed by atoms with E-state index in [0.717, 1.165) is 29.5 Å². The number of hydrogen-bond acceptors (Lipinski definition) is 4. The second kappa shape index (κ2) is 10.0. The van der Waals surface area contributed by atoms with E-state index < -0.39 is 5.41 Å². The van der Waals surface area contributed by atoms with Crippen molar-refractivity contribution in [3.63, 3.8) is 0 Å². The average Bonchev–Trinajstić information content (AvgIpc) is 2.93. The molecule has 1 aromatic heterocycles. The van der Waals surface area contributed by atoms with Gasteiger partial charge in [-0.05, 0) is 37.5 Å². The van der Waals surface area contributed by atoms with E-state index in [-0.39, 0.29) is 23.8 Å². The summed E-state index contributed by atoms with van der Waals surface area (Å²) in [5, 5.41) is 2.84. The van der Waals surface area contributed by atoms with E-state index in [1.807, 2.05) is 58.9 Å². The number of aromatic nitrogens is 1. The first-order chi connectivity index (χ1) is 14.0. The van der Waals surface area contributed by atoms with Gasteiger partial charge in [-0.1, -0.05) is 57.9 Å². The minimum atomic E-state index is -0.564. The summed E-state index contributed by atoms with van der Waals surface area (Å²) in [6.07, 6.45) is 5.20. The van der Waals surface area contributed by atoms with E-state index in [0.29, 0.717) is 15.7 Å². The Labute approximate surface area is 182 Å². The van der Waals surface area contributed by atoms with E-state index >= 15 is 0 Å². The number of ketones is 1. The summed E-state index contributed by atoms with van der Waals surface area (Å²) in [6, 6.07) is 6.08. The van der Waals surface area contributed by atoms with Gasteiger partial charge in [0, 0.05) is 18.0 Å². The molecule has 0 spiro atoms. The fraction of sp³-hybridized carbons (Fsp3) is 0.458. The normalized spacial score (nSPS) is 13.0. The molecule has 0 saturated carbocycles. The topological polar surface area (TPSA) is 68.2 Å². The van der Waals surface area contributed by atoms with Crippen LogP contribution in [0.15, 0.2) is 23.0 Å². The Kier molecular flexibility index (Phi) is 7.96. The second-order valence-electron chi connectivity index (χ2n) is 8.66. The van der Waals surface area contributed by atoms with Crippen molar-refractivity contribution in [3.05, 3.63) is 54.4 Å². The molecule has 0 radical (unpaired) electrons. The molecular formula is C24H32N2O3S. The summed E-state index contributed by atoms with van der Waals surface area (Å²) in [4.78, 5) is 38.1. The lowest BCUT2D eigenvalue weighted by Gasteiger charge is -2.13. The number of thiazole rings is 1. The number of unbranched alkanes of at least 4 members (excludes halogenated alkanes) is 1. The van der Waals surface area contributed by atoms with Crippen LogP contribution >= 0.6 is 11.3 Å². The molecule has 0 saturated heterocycles. The van der Waals surface area contributed by atoms with Gasteiger partial charge in [-0.25, -0.2) is 0 Å². The molecule has 162 valence electrons. The van der Waals surface area contributed by atoms with Crippen molar-refractivity contribution in [2.45, 2.75) is 60.9 Å². The number of carbonyl (C=O) groups excluding carboxylic acids is 2. The smallest absolute Gasteiger partial charge is 0.269 e.